The Kier molecular flexibility index (Phi) is 5.53. The van der Waals surface area contributed by atoms with Crippen molar-refractivity contribution in [2.75, 3.05) is 4.90 Å². The number of anilines is 1. The van der Waals surface area contributed by atoms with E-state index in [0.29, 0.717) is 24.5 Å². The van der Waals surface area contributed by atoms with Gasteiger partial charge >= 0.3 is 0 Å². The number of carbonyl (C=O) groups is 1. The molecular weight excluding hydrogens is 386 g/mol. The molecule has 3 aromatic heterocycles. The number of aryl methyl sites for hydroxylation is 2. The van der Waals surface area contributed by atoms with Crippen LogP contribution in [0, 0.1) is 0 Å². The highest BCUT2D eigenvalue weighted by Gasteiger charge is 2.18. The van der Waals surface area contributed by atoms with Gasteiger partial charge in [-0.3, -0.25) is 14.5 Å². The Morgan fingerprint density at radius 1 is 1.10 bits per heavy atom. The fourth-order valence-corrected chi connectivity index (χ4v) is 3.38. The van der Waals surface area contributed by atoms with E-state index in [1.54, 1.807) is 34.2 Å². The van der Waals surface area contributed by atoms with Gasteiger partial charge in [0.15, 0.2) is 0 Å². The van der Waals surface area contributed by atoms with Gasteiger partial charge in [-0.2, -0.15) is 5.10 Å². The topological polar surface area (TPSA) is 63.9 Å². The Hall–Kier alpha value is -3.25. The minimum Gasteiger partial charge on any atom is -0.305 e. The highest BCUT2D eigenvalue weighted by Crippen LogP contribution is 2.22. The maximum Gasteiger partial charge on any atom is 0.227 e. The first kappa shape index (κ1) is 19.1. The van der Waals surface area contributed by atoms with Crippen LogP contribution in [-0.4, -0.2) is 25.7 Å². The van der Waals surface area contributed by atoms with Gasteiger partial charge in [0, 0.05) is 37.4 Å². The first-order valence-corrected chi connectivity index (χ1v) is 9.69. The van der Waals surface area contributed by atoms with E-state index in [0.717, 1.165) is 27.7 Å². The maximum atomic E-state index is 13.1. The van der Waals surface area contributed by atoms with Crippen LogP contribution in [0.4, 0.5) is 5.69 Å². The van der Waals surface area contributed by atoms with Gasteiger partial charge in [-0.05, 0) is 47.9 Å². The van der Waals surface area contributed by atoms with Crippen LogP contribution in [0.5, 0.6) is 0 Å². The standard InChI is InChI=1S/C22H20ClN5O/c1-27-15-19(13-25-27)28(22(29)7-3-16-8-10-24-11-9-16)14-17-2-4-18-5-6-21(23)26-20(18)12-17/h2,4-6,8-13,15H,3,7,14H2,1H3. The molecular formula is C22H20ClN5O. The second kappa shape index (κ2) is 8.41. The third-order valence-electron chi connectivity index (χ3n) is 4.74. The number of hydrogen-bond donors (Lipinski definition) is 0. The van der Waals surface area contributed by atoms with Crippen molar-refractivity contribution in [1.29, 1.82) is 0 Å². The summed E-state index contributed by atoms with van der Waals surface area (Å²) in [6, 6.07) is 13.6. The summed E-state index contributed by atoms with van der Waals surface area (Å²) in [5.41, 5.74) is 3.65. The van der Waals surface area contributed by atoms with E-state index in [9.17, 15) is 4.79 Å². The second-order valence-corrected chi connectivity index (χ2v) is 7.26. The predicted molar refractivity (Wildman–Crippen MR) is 114 cm³/mol. The van der Waals surface area contributed by atoms with Crippen molar-refractivity contribution >= 4 is 34.1 Å². The molecule has 0 atom stereocenters. The Morgan fingerprint density at radius 2 is 1.90 bits per heavy atom. The van der Waals surface area contributed by atoms with Crippen LogP contribution >= 0.6 is 11.6 Å². The highest BCUT2D eigenvalue weighted by molar-refractivity contribution is 6.29. The lowest BCUT2D eigenvalue weighted by atomic mass is 10.1. The lowest BCUT2D eigenvalue weighted by Gasteiger charge is -2.21. The van der Waals surface area contributed by atoms with Crippen molar-refractivity contribution in [2.24, 2.45) is 7.05 Å². The summed E-state index contributed by atoms with van der Waals surface area (Å²) < 4.78 is 1.69. The average molecular weight is 406 g/mol. The maximum absolute atomic E-state index is 13.1. The monoisotopic (exact) mass is 405 g/mol. The number of carbonyl (C=O) groups excluding carboxylic acids is 1. The molecule has 1 aromatic carbocycles. The Morgan fingerprint density at radius 3 is 2.66 bits per heavy atom. The number of amides is 1. The molecule has 0 bridgehead atoms. The SMILES string of the molecule is Cn1cc(N(Cc2ccc3ccc(Cl)nc3c2)C(=O)CCc2ccncc2)cn1. The van der Waals surface area contributed by atoms with E-state index < -0.39 is 0 Å². The summed E-state index contributed by atoms with van der Waals surface area (Å²) in [6.45, 7) is 0.436. The zero-order valence-electron chi connectivity index (χ0n) is 16.0. The van der Waals surface area contributed by atoms with Crippen molar-refractivity contribution in [3.63, 3.8) is 0 Å². The molecule has 0 N–H and O–H groups in total. The molecule has 0 radical (unpaired) electrons. The van der Waals surface area contributed by atoms with Crippen LogP contribution in [0.25, 0.3) is 10.9 Å². The molecule has 3 heterocycles. The van der Waals surface area contributed by atoms with Gasteiger partial charge in [0.2, 0.25) is 5.91 Å². The summed E-state index contributed by atoms with van der Waals surface area (Å²) in [6.07, 6.45) is 8.10. The van der Waals surface area contributed by atoms with Crippen LogP contribution < -0.4 is 4.90 Å². The molecule has 0 saturated carbocycles. The summed E-state index contributed by atoms with van der Waals surface area (Å²) >= 11 is 6.03. The molecule has 1 amide bonds. The van der Waals surface area contributed by atoms with Crippen LogP contribution in [0.15, 0.2) is 67.3 Å². The van der Waals surface area contributed by atoms with Crippen LogP contribution in [-0.2, 0) is 24.8 Å². The van der Waals surface area contributed by atoms with Gasteiger partial charge in [-0.25, -0.2) is 4.98 Å². The van der Waals surface area contributed by atoms with Crippen molar-refractivity contribution in [3.8, 4) is 0 Å². The number of pyridine rings is 2. The van der Waals surface area contributed by atoms with Crippen LogP contribution in [0.3, 0.4) is 0 Å². The van der Waals surface area contributed by atoms with Gasteiger partial charge in [0.25, 0.3) is 0 Å². The van der Waals surface area contributed by atoms with E-state index >= 15 is 0 Å². The number of nitrogens with zero attached hydrogens (tertiary/aromatic N) is 5. The van der Waals surface area contributed by atoms with Crippen molar-refractivity contribution < 1.29 is 4.79 Å². The van der Waals surface area contributed by atoms with Gasteiger partial charge < -0.3 is 4.90 Å². The third-order valence-corrected chi connectivity index (χ3v) is 4.95. The molecule has 4 rings (SSSR count). The summed E-state index contributed by atoms with van der Waals surface area (Å²) in [7, 11) is 1.84. The molecule has 0 unspecified atom stereocenters. The number of benzene rings is 1. The van der Waals surface area contributed by atoms with Crippen molar-refractivity contribution in [2.45, 2.75) is 19.4 Å². The molecule has 29 heavy (non-hydrogen) atoms. The molecule has 0 saturated heterocycles. The van der Waals surface area contributed by atoms with Crippen LogP contribution in [0.2, 0.25) is 5.15 Å². The number of rotatable bonds is 6. The van der Waals surface area contributed by atoms with E-state index in [1.165, 1.54) is 0 Å². The van der Waals surface area contributed by atoms with Gasteiger partial charge in [0.1, 0.15) is 5.15 Å². The zero-order chi connectivity index (χ0) is 20.2. The molecule has 0 spiro atoms. The largest absolute Gasteiger partial charge is 0.305 e. The molecule has 0 aliphatic heterocycles. The number of fused-ring (bicyclic) bond motifs is 1. The molecule has 0 fully saturated rings. The van der Waals surface area contributed by atoms with Gasteiger partial charge in [-0.1, -0.05) is 23.7 Å². The Bertz CT molecular complexity index is 1140. The lowest BCUT2D eigenvalue weighted by molar-refractivity contribution is -0.118. The van der Waals surface area contributed by atoms with E-state index in [1.807, 2.05) is 49.6 Å². The van der Waals surface area contributed by atoms with Gasteiger partial charge in [-0.15, -0.1) is 0 Å². The zero-order valence-corrected chi connectivity index (χ0v) is 16.8. The van der Waals surface area contributed by atoms with Gasteiger partial charge in [0.05, 0.1) is 23.9 Å². The fourth-order valence-electron chi connectivity index (χ4n) is 3.23. The summed E-state index contributed by atoms with van der Waals surface area (Å²) in [5, 5.41) is 5.69. The second-order valence-electron chi connectivity index (χ2n) is 6.87. The minimum atomic E-state index is 0.0361. The molecule has 146 valence electrons. The van der Waals surface area contributed by atoms with E-state index in [2.05, 4.69) is 15.1 Å². The highest BCUT2D eigenvalue weighted by atomic mass is 35.5. The first-order chi connectivity index (χ1) is 14.1. The van der Waals surface area contributed by atoms with Crippen molar-refractivity contribution in [3.05, 3.63) is 83.5 Å². The molecule has 0 aliphatic carbocycles. The first-order valence-electron chi connectivity index (χ1n) is 9.31. The molecule has 7 heteroatoms. The quantitative estimate of drug-likeness (QED) is 0.451. The number of hydrogen-bond acceptors (Lipinski definition) is 4. The van der Waals surface area contributed by atoms with Crippen LogP contribution in [0.1, 0.15) is 17.5 Å². The molecule has 4 aromatic rings. The van der Waals surface area contributed by atoms with Crippen molar-refractivity contribution in [1.82, 2.24) is 19.7 Å². The van der Waals surface area contributed by atoms with E-state index in [-0.39, 0.29) is 5.91 Å². The lowest BCUT2D eigenvalue weighted by Crippen LogP contribution is -2.30. The predicted octanol–water partition coefficient (Wildman–Crippen LogP) is 4.18. The normalized spacial score (nSPS) is 11.0. The number of halogens is 1. The Balaban J connectivity index is 1.58. The molecule has 0 aliphatic rings. The van der Waals surface area contributed by atoms with E-state index in [4.69, 9.17) is 11.6 Å². The Labute approximate surface area is 173 Å². The fraction of sp³-hybridized carbons (Fsp3) is 0.182. The number of aromatic nitrogens is 4. The third kappa shape index (κ3) is 4.60. The molecule has 6 nitrogen and oxygen atoms in total. The smallest absolute Gasteiger partial charge is 0.227 e. The summed E-state index contributed by atoms with van der Waals surface area (Å²) in [5.74, 6) is 0.0361. The minimum absolute atomic E-state index is 0.0361. The average Bonchev–Trinajstić information content (AvgIpc) is 3.16. The summed E-state index contributed by atoms with van der Waals surface area (Å²) in [4.78, 5) is 23.3.